The van der Waals surface area contributed by atoms with Gasteiger partial charge in [-0.2, -0.15) is 0 Å². The molecule has 0 heterocycles. The minimum Gasteiger partial charge on any atom is -0.324 e. The third-order valence-electron chi connectivity index (χ3n) is 3.14. The molecule has 0 fully saturated rings. The number of amides is 1. The number of benzene rings is 2. The molecule has 0 atom stereocenters. The Bertz CT molecular complexity index is 648. The largest absolute Gasteiger partial charge is 0.324 e. The molecule has 0 bridgehead atoms. The molecule has 22 heavy (non-hydrogen) atoms. The summed E-state index contributed by atoms with van der Waals surface area (Å²) in [6.07, 6.45) is 2.00. The quantitative estimate of drug-likeness (QED) is 0.762. The highest BCUT2D eigenvalue weighted by molar-refractivity contribution is 9.10. The summed E-state index contributed by atoms with van der Waals surface area (Å²) in [5.41, 5.74) is 2.05. The van der Waals surface area contributed by atoms with E-state index in [1.165, 1.54) is 5.56 Å². The third kappa shape index (κ3) is 5.16. The summed E-state index contributed by atoms with van der Waals surface area (Å²) in [6, 6.07) is 16.0. The maximum Gasteiger partial charge on any atom is 0.238 e. The minimum absolute atomic E-state index is 0.000929. The van der Waals surface area contributed by atoms with E-state index in [1.54, 1.807) is 11.8 Å². The molecule has 0 unspecified atom stereocenters. The number of likely N-dealkylation sites (N-methyl/N-ethyl adjacent to an activating group) is 1. The molecule has 0 saturated heterocycles. The van der Waals surface area contributed by atoms with Gasteiger partial charge >= 0.3 is 0 Å². The van der Waals surface area contributed by atoms with Crippen LogP contribution in [0.25, 0.3) is 0 Å². The fraction of sp³-hybridized carbons (Fsp3) is 0.235. The number of nitrogens with one attached hydrogen (secondary N) is 1. The van der Waals surface area contributed by atoms with Crippen molar-refractivity contribution in [3.63, 3.8) is 0 Å². The molecular weight excluding hydrogens is 360 g/mol. The van der Waals surface area contributed by atoms with Crippen molar-refractivity contribution in [1.82, 2.24) is 4.90 Å². The van der Waals surface area contributed by atoms with Crippen LogP contribution in [-0.2, 0) is 11.3 Å². The van der Waals surface area contributed by atoms with E-state index in [1.807, 2.05) is 54.6 Å². The summed E-state index contributed by atoms with van der Waals surface area (Å²) in [7, 11) is 1.95. The number of para-hydroxylation sites is 1. The summed E-state index contributed by atoms with van der Waals surface area (Å²) in [4.78, 5) is 15.3. The zero-order valence-corrected chi connectivity index (χ0v) is 15.1. The number of hydrogen-bond donors (Lipinski definition) is 1. The average molecular weight is 379 g/mol. The highest BCUT2D eigenvalue weighted by Crippen LogP contribution is 2.24. The predicted molar refractivity (Wildman–Crippen MR) is 97.3 cm³/mol. The summed E-state index contributed by atoms with van der Waals surface area (Å²) in [5.74, 6) is -0.000929. The molecular formula is C17H19BrN2OS. The van der Waals surface area contributed by atoms with Gasteiger partial charge in [0.2, 0.25) is 5.91 Å². The van der Waals surface area contributed by atoms with E-state index in [0.717, 1.165) is 21.6 Å². The van der Waals surface area contributed by atoms with Crippen LogP contribution in [0.5, 0.6) is 0 Å². The molecule has 0 aliphatic carbocycles. The second-order valence-corrected chi connectivity index (χ2v) is 6.81. The standard InChI is InChI=1S/C17H19BrN2OS/c1-20(11-13-6-5-7-14(18)10-13)12-17(21)19-15-8-3-4-9-16(15)22-2/h3-10H,11-12H2,1-2H3,(H,19,21). The molecule has 2 rings (SSSR count). The molecule has 0 aliphatic heterocycles. The molecule has 2 aromatic carbocycles. The van der Waals surface area contributed by atoms with Crippen molar-refractivity contribution < 1.29 is 4.79 Å². The number of hydrogen-bond acceptors (Lipinski definition) is 3. The average Bonchev–Trinajstić information content (AvgIpc) is 2.47. The summed E-state index contributed by atoms with van der Waals surface area (Å²) >= 11 is 5.09. The molecule has 116 valence electrons. The highest BCUT2D eigenvalue weighted by Gasteiger charge is 2.09. The Balaban J connectivity index is 1.91. The van der Waals surface area contributed by atoms with Gasteiger partial charge in [-0.1, -0.05) is 40.2 Å². The van der Waals surface area contributed by atoms with Crippen molar-refractivity contribution in [3.8, 4) is 0 Å². The summed E-state index contributed by atoms with van der Waals surface area (Å²) < 4.78 is 1.05. The van der Waals surface area contributed by atoms with Gasteiger partial charge in [0.05, 0.1) is 12.2 Å². The first-order chi connectivity index (χ1) is 10.6. The van der Waals surface area contributed by atoms with E-state index in [2.05, 4.69) is 33.4 Å². The molecule has 1 amide bonds. The predicted octanol–water partition coefficient (Wildman–Crippen LogP) is 4.24. The van der Waals surface area contributed by atoms with Crippen LogP contribution in [0, 0.1) is 0 Å². The second-order valence-electron chi connectivity index (χ2n) is 5.05. The Labute approximate surface area is 144 Å². The highest BCUT2D eigenvalue weighted by atomic mass is 79.9. The van der Waals surface area contributed by atoms with Crippen molar-refractivity contribution in [1.29, 1.82) is 0 Å². The van der Waals surface area contributed by atoms with E-state index < -0.39 is 0 Å². The lowest BCUT2D eigenvalue weighted by molar-refractivity contribution is -0.117. The van der Waals surface area contributed by atoms with Crippen molar-refractivity contribution >= 4 is 39.3 Å². The number of anilines is 1. The van der Waals surface area contributed by atoms with Crippen molar-refractivity contribution in [3.05, 3.63) is 58.6 Å². The van der Waals surface area contributed by atoms with Crippen LogP contribution in [-0.4, -0.2) is 30.7 Å². The Hall–Kier alpha value is -1.30. The van der Waals surface area contributed by atoms with E-state index >= 15 is 0 Å². The number of thioether (sulfide) groups is 1. The monoisotopic (exact) mass is 378 g/mol. The van der Waals surface area contributed by atoms with Gasteiger partial charge in [0.1, 0.15) is 0 Å². The number of nitrogens with zero attached hydrogens (tertiary/aromatic N) is 1. The van der Waals surface area contributed by atoms with Crippen LogP contribution in [0.4, 0.5) is 5.69 Å². The summed E-state index contributed by atoms with van der Waals surface area (Å²) in [6.45, 7) is 1.09. The lowest BCUT2D eigenvalue weighted by Gasteiger charge is -2.17. The lowest BCUT2D eigenvalue weighted by Crippen LogP contribution is -2.30. The van der Waals surface area contributed by atoms with Gasteiger partial charge in [0, 0.05) is 15.9 Å². The zero-order chi connectivity index (χ0) is 15.9. The smallest absolute Gasteiger partial charge is 0.238 e. The van der Waals surface area contributed by atoms with Crippen LogP contribution >= 0.6 is 27.7 Å². The van der Waals surface area contributed by atoms with Gasteiger partial charge in [-0.25, -0.2) is 0 Å². The van der Waals surface area contributed by atoms with Gasteiger partial charge in [0.25, 0.3) is 0 Å². The van der Waals surface area contributed by atoms with Gasteiger partial charge in [0.15, 0.2) is 0 Å². The Morgan fingerprint density at radius 3 is 2.73 bits per heavy atom. The van der Waals surface area contributed by atoms with E-state index in [9.17, 15) is 4.79 Å². The van der Waals surface area contributed by atoms with Gasteiger partial charge in [-0.3, -0.25) is 9.69 Å². The van der Waals surface area contributed by atoms with Crippen LogP contribution < -0.4 is 5.32 Å². The summed E-state index contributed by atoms with van der Waals surface area (Å²) in [5, 5.41) is 2.98. The lowest BCUT2D eigenvalue weighted by atomic mass is 10.2. The Morgan fingerprint density at radius 1 is 1.23 bits per heavy atom. The van der Waals surface area contributed by atoms with Crippen LogP contribution in [0.2, 0.25) is 0 Å². The SMILES string of the molecule is CSc1ccccc1NC(=O)CN(C)Cc1cccc(Br)c1. The fourth-order valence-electron chi connectivity index (χ4n) is 2.19. The third-order valence-corrected chi connectivity index (χ3v) is 4.43. The van der Waals surface area contributed by atoms with Crippen LogP contribution in [0.1, 0.15) is 5.56 Å². The zero-order valence-electron chi connectivity index (χ0n) is 12.7. The van der Waals surface area contributed by atoms with Crippen molar-refractivity contribution in [2.75, 3.05) is 25.2 Å². The molecule has 0 radical (unpaired) electrons. The first-order valence-electron chi connectivity index (χ1n) is 6.94. The molecule has 2 aromatic rings. The van der Waals surface area contributed by atoms with E-state index in [-0.39, 0.29) is 5.91 Å². The van der Waals surface area contributed by atoms with Gasteiger partial charge in [-0.05, 0) is 43.1 Å². The topological polar surface area (TPSA) is 32.3 Å². The molecule has 0 aromatic heterocycles. The number of carbonyl (C=O) groups excluding carboxylic acids is 1. The van der Waals surface area contributed by atoms with Crippen molar-refractivity contribution in [2.24, 2.45) is 0 Å². The van der Waals surface area contributed by atoms with Crippen molar-refractivity contribution in [2.45, 2.75) is 11.4 Å². The Kier molecular flexibility index (Phi) is 6.49. The van der Waals surface area contributed by atoms with E-state index in [4.69, 9.17) is 0 Å². The number of halogens is 1. The number of carbonyl (C=O) groups is 1. The van der Waals surface area contributed by atoms with Crippen LogP contribution in [0.15, 0.2) is 57.9 Å². The molecule has 5 heteroatoms. The van der Waals surface area contributed by atoms with Gasteiger partial charge < -0.3 is 5.32 Å². The minimum atomic E-state index is -0.000929. The maximum absolute atomic E-state index is 12.2. The molecule has 0 spiro atoms. The first-order valence-corrected chi connectivity index (χ1v) is 8.96. The normalized spacial score (nSPS) is 10.7. The first kappa shape index (κ1) is 17.1. The van der Waals surface area contributed by atoms with E-state index in [0.29, 0.717) is 6.54 Å². The second kappa shape index (κ2) is 8.36. The maximum atomic E-state index is 12.2. The fourth-order valence-corrected chi connectivity index (χ4v) is 3.19. The Morgan fingerprint density at radius 2 is 2.00 bits per heavy atom. The molecule has 1 N–H and O–H groups in total. The molecule has 0 aliphatic rings. The van der Waals surface area contributed by atoms with Crippen LogP contribution in [0.3, 0.4) is 0 Å². The molecule has 0 saturated carbocycles. The van der Waals surface area contributed by atoms with Gasteiger partial charge in [-0.15, -0.1) is 11.8 Å². The number of rotatable bonds is 6. The molecule has 3 nitrogen and oxygen atoms in total.